The summed E-state index contributed by atoms with van der Waals surface area (Å²) >= 11 is 7.66. The monoisotopic (exact) mass is 536 g/mol. The summed E-state index contributed by atoms with van der Waals surface area (Å²) in [5.41, 5.74) is 4.28. The molecule has 0 radical (unpaired) electrons. The quantitative estimate of drug-likeness (QED) is 0.112. The van der Waals surface area contributed by atoms with Crippen LogP contribution < -0.4 is 19.6 Å². The van der Waals surface area contributed by atoms with Crippen molar-refractivity contribution in [2.75, 3.05) is 13.7 Å². The summed E-state index contributed by atoms with van der Waals surface area (Å²) in [6, 6.07) is 20.1. The molecule has 4 rings (SSSR count). The summed E-state index contributed by atoms with van der Waals surface area (Å²) in [6.07, 6.45) is 3.53. The fourth-order valence-electron chi connectivity index (χ4n) is 3.54. The van der Waals surface area contributed by atoms with Gasteiger partial charge in [0.25, 0.3) is 5.91 Å². The predicted octanol–water partition coefficient (Wildman–Crippen LogP) is 6.26. The molecular weight excluding hydrogens is 512 g/mol. The lowest BCUT2D eigenvalue weighted by Gasteiger charge is -2.09. The van der Waals surface area contributed by atoms with E-state index in [1.54, 1.807) is 18.2 Å². The minimum absolute atomic E-state index is 0.164. The van der Waals surface area contributed by atoms with E-state index in [1.165, 1.54) is 30.2 Å². The normalized spacial score (nSPS) is 11.0. The maximum Gasteiger partial charge on any atom is 0.355 e. The Hall–Kier alpha value is -3.88. The van der Waals surface area contributed by atoms with Gasteiger partial charge < -0.3 is 14.2 Å². The van der Waals surface area contributed by atoms with Crippen molar-refractivity contribution in [1.29, 1.82) is 0 Å². The smallest absolute Gasteiger partial charge is 0.355 e. The molecule has 0 atom stereocenters. The van der Waals surface area contributed by atoms with Crippen LogP contribution in [0.15, 0.2) is 71.8 Å². The lowest BCUT2D eigenvalue weighted by molar-refractivity contribution is -0.123. The number of methoxy groups -OCH3 is 1. The van der Waals surface area contributed by atoms with Crippen LogP contribution in [0.3, 0.4) is 0 Å². The maximum atomic E-state index is 12.8. The van der Waals surface area contributed by atoms with Crippen LogP contribution in [0.4, 0.5) is 0 Å². The number of rotatable bonds is 10. The average Bonchev–Trinajstić information content (AvgIpc) is 3.26. The van der Waals surface area contributed by atoms with Gasteiger partial charge in [-0.2, -0.15) is 5.10 Å². The second-order valence-corrected chi connectivity index (χ2v) is 9.45. The van der Waals surface area contributed by atoms with Crippen LogP contribution in [0.1, 0.15) is 34.1 Å². The Kier molecular flexibility index (Phi) is 8.77. The van der Waals surface area contributed by atoms with Crippen molar-refractivity contribution in [3.8, 4) is 17.2 Å². The summed E-state index contributed by atoms with van der Waals surface area (Å²) < 4.78 is 17.3. The zero-order chi connectivity index (χ0) is 26.2. The summed E-state index contributed by atoms with van der Waals surface area (Å²) in [5.74, 6) is 0.215. The van der Waals surface area contributed by atoms with Crippen molar-refractivity contribution in [1.82, 2.24) is 5.43 Å². The third-order valence-electron chi connectivity index (χ3n) is 5.35. The molecule has 0 saturated heterocycles. The first kappa shape index (κ1) is 26.2. The van der Waals surface area contributed by atoms with Gasteiger partial charge in [-0.3, -0.25) is 4.79 Å². The third-order valence-corrected chi connectivity index (χ3v) is 7.00. The fraction of sp³-hybridized carbons (Fsp3) is 0.179. The SMILES string of the molecule is CCCc1ccc(OCC(=O)N/N=C\c2ccc(OC(=O)c3sc4ccccc4c3Cl)c(OC)c2)cc1. The molecule has 0 bridgehead atoms. The number of hydrogen-bond acceptors (Lipinski definition) is 7. The maximum absolute atomic E-state index is 12.8. The van der Waals surface area contributed by atoms with Crippen LogP contribution in [0, 0.1) is 0 Å². The van der Waals surface area contributed by atoms with Gasteiger partial charge in [0.1, 0.15) is 10.6 Å². The van der Waals surface area contributed by atoms with Crippen LogP contribution in [-0.4, -0.2) is 31.8 Å². The molecule has 1 amide bonds. The number of amides is 1. The van der Waals surface area contributed by atoms with Gasteiger partial charge in [-0.1, -0.05) is 55.3 Å². The number of thiophene rings is 1. The molecular formula is C28H25ClN2O5S. The second-order valence-electron chi connectivity index (χ2n) is 8.02. The van der Waals surface area contributed by atoms with E-state index in [0.717, 1.165) is 22.9 Å². The number of fused-ring (bicyclic) bond motifs is 1. The van der Waals surface area contributed by atoms with Gasteiger partial charge in [-0.15, -0.1) is 11.3 Å². The van der Waals surface area contributed by atoms with Crippen molar-refractivity contribution >= 4 is 51.1 Å². The number of carbonyl (C=O) groups excluding carboxylic acids is 2. The Morgan fingerprint density at radius 1 is 1.05 bits per heavy atom. The first-order valence-corrected chi connectivity index (χ1v) is 12.8. The van der Waals surface area contributed by atoms with Gasteiger partial charge in [0, 0.05) is 10.1 Å². The number of esters is 1. The third kappa shape index (κ3) is 6.67. The van der Waals surface area contributed by atoms with Gasteiger partial charge in [0.15, 0.2) is 18.1 Å². The second kappa shape index (κ2) is 12.4. The molecule has 3 aromatic carbocycles. The van der Waals surface area contributed by atoms with E-state index in [4.69, 9.17) is 25.8 Å². The number of nitrogens with zero attached hydrogens (tertiary/aromatic N) is 1. The van der Waals surface area contributed by atoms with Crippen molar-refractivity contribution in [2.45, 2.75) is 19.8 Å². The highest BCUT2D eigenvalue weighted by Crippen LogP contribution is 2.37. The Bertz CT molecular complexity index is 1430. The summed E-state index contributed by atoms with van der Waals surface area (Å²) in [5, 5.41) is 5.12. The largest absolute Gasteiger partial charge is 0.493 e. The molecule has 1 N–H and O–H groups in total. The van der Waals surface area contributed by atoms with E-state index >= 15 is 0 Å². The van der Waals surface area contributed by atoms with E-state index in [9.17, 15) is 9.59 Å². The lowest BCUT2D eigenvalue weighted by atomic mass is 10.1. The van der Waals surface area contributed by atoms with Crippen LogP contribution in [-0.2, 0) is 11.2 Å². The predicted molar refractivity (Wildman–Crippen MR) is 146 cm³/mol. The van der Waals surface area contributed by atoms with Crippen molar-refractivity contribution < 1.29 is 23.8 Å². The van der Waals surface area contributed by atoms with Crippen LogP contribution in [0.2, 0.25) is 5.02 Å². The Labute approximate surface area is 223 Å². The molecule has 1 aromatic heterocycles. The standard InChI is InChI=1S/C28H25ClN2O5S/c1-3-6-18-9-12-20(13-10-18)35-17-25(32)31-30-16-19-11-14-22(23(15-19)34-2)36-28(33)27-26(29)21-7-4-5-8-24(21)37-27/h4-5,7-16H,3,6,17H2,1-2H3,(H,31,32)/b30-16-. The molecule has 0 aliphatic heterocycles. The number of benzene rings is 3. The molecule has 0 saturated carbocycles. The topological polar surface area (TPSA) is 86.2 Å². The number of hydrogen-bond donors (Lipinski definition) is 1. The molecule has 0 aliphatic rings. The van der Waals surface area contributed by atoms with E-state index in [1.807, 2.05) is 48.5 Å². The first-order chi connectivity index (χ1) is 18.0. The Morgan fingerprint density at radius 3 is 2.57 bits per heavy atom. The summed E-state index contributed by atoms with van der Waals surface area (Å²) in [6.45, 7) is 1.96. The molecule has 190 valence electrons. The van der Waals surface area contributed by atoms with Gasteiger partial charge in [0.2, 0.25) is 0 Å². The van der Waals surface area contributed by atoms with Gasteiger partial charge in [-0.05, 0) is 53.9 Å². The van der Waals surface area contributed by atoms with Crippen molar-refractivity contribution in [3.05, 3.63) is 87.8 Å². The number of carbonyl (C=O) groups is 2. The molecule has 0 spiro atoms. The Balaban J connectivity index is 1.33. The molecule has 7 nitrogen and oxygen atoms in total. The summed E-state index contributed by atoms with van der Waals surface area (Å²) in [4.78, 5) is 25.2. The molecule has 37 heavy (non-hydrogen) atoms. The van der Waals surface area contributed by atoms with Crippen molar-refractivity contribution in [3.63, 3.8) is 0 Å². The van der Waals surface area contributed by atoms with Gasteiger partial charge in [-0.25, -0.2) is 10.2 Å². The van der Waals surface area contributed by atoms with Crippen LogP contribution in [0.5, 0.6) is 17.2 Å². The lowest BCUT2D eigenvalue weighted by Crippen LogP contribution is -2.24. The Morgan fingerprint density at radius 2 is 1.84 bits per heavy atom. The van der Waals surface area contributed by atoms with Gasteiger partial charge >= 0.3 is 5.97 Å². The number of ether oxygens (including phenoxy) is 3. The zero-order valence-corrected chi connectivity index (χ0v) is 21.9. The van der Waals surface area contributed by atoms with Crippen LogP contribution >= 0.6 is 22.9 Å². The van der Waals surface area contributed by atoms with E-state index in [-0.39, 0.29) is 12.4 Å². The highest BCUT2D eigenvalue weighted by molar-refractivity contribution is 7.21. The zero-order valence-electron chi connectivity index (χ0n) is 20.3. The molecule has 0 fully saturated rings. The number of aryl methyl sites for hydroxylation is 1. The number of hydrazone groups is 1. The van der Waals surface area contributed by atoms with E-state index in [0.29, 0.717) is 27.0 Å². The first-order valence-electron chi connectivity index (χ1n) is 11.6. The van der Waals surface area contributed by atoms with E-state index < -0.39 is 11.9 Å². The highest BCUT2D eigenvalue weighted by atomic mass is 35.5. The molecule has 9 heteroatoms. The average molecular weight is 537 g/mol. The van der Waals surface area contributed by atoms with Crippen molar-refractivity contribution in [2.24, 2.45) is 5.10 Å². The number of halogens is 1. The van der Waals surface area contributed by atoms with Crippen LogP contribution in [0.25, 0.3) is 10.1 Å². The summed E-state index contributed by atoms with van der Waals surface area (Å²) in [7, 11) is 1.47. The number of nitrogens with one attached hydrogen (secondary N) is 1. The van der Waals surface area contributed by atoms with Gasteiger partial charge in [0.05, 0.1) is 18.3 Å². The molecule has 4 aromatic rings. The van der Waals surface area contributed by atoms with E-state index in [2.05, 4.69) is 17.5 Å². The minimum atomic E-state index is -0.571. The molecule has 0 unspecified atom stereocenters. The highest BCUT2D eigenvalue weighted by Gasteiger charge is 2.20. The fourth-order valence-corrected chi connectivity index (χ4v) is 4.93. The molecule has 0 aliphatic carbocycles. The minimum Gasteiger partial charge on any atom is -0.493 e. The molecule has 1 heterocycles.